The predicted octanol–water partition coefficient (Wildman–Crippen LogP) is 6.15. The molecule has 29 heavy (non-hydrogen) atoms. The van der Waals surface area contributed by atoms with E-state index in [0.717, 1.165) is 17.8 Å². The number of rotatable bonds is 2. The molecule has 4 aliphatic rings. The van der Waals surface area contributed by atoms with E-state index in [1.54, 1.807) is 5.69 Å². The standard InChI is InChI=1S/C27H27N2/c1-3-7-26-24(5-1)25-6-2-4-8-27(25)28(26)22-9-11-23(12-10-22)29-16-19-13-20(17-29)15-21(14-19)18-29/h1-12,19-21H,13-18H2/q+1. The van der Waals surface area contributed by atoms with Crippen molar-refractivity contribution in [3.63, 3.8) is 0 Å². The first-order valence-electron chi connectivity index (χ1n) is 11.2. The molecule has 0 spiro atoms. The van der Waals surface area contributed by atoms with Crippen molar-refractivity contribution >= 4 is 27.5 Å². The lowest BCUT2D eigenvalue weighted by Gasteiger charge is -2.57. The van der Waals surface area contributed by atoms with E-state index in [1.165, 1.54) is 70.9 Å². The summed E-state index contributed by atoms with van der Waals surface area (Å²) in [5.41, 5.74) is 5.42. The maximum Gasteiger partial charge on any atom is 0.133 e. The van der Waals surface area contributed by atoms with E-state index in [2.05, 4.69) is 77.4 Å². The van der Waals surface area contributed by atoms with Crippen LogP contribution in [-0.2, 0) is 0 Å². The van der Waals surface area contributed by atoms with Crippen LogP contribution >= 0.6 is 0 Å². The van der Waals surface area contributed by atoms with Crippen LogP contribution in [0.15, 0.2) is 72.8 Å². The molecule has 0 atom stereocenters. The fraction of sp³-hybridized carbons (Fsp3) is 0.333. The van der Waals surface area contributed by atoms with Gasteiger partial charge in [-0.25, -0.2) is 0 Å². The largest absolute Gasteiger partial charge is 0.309 e. The van der Waals surface area contributed by atoms with Gasteiger partial charge < -0.3 is 4.57 Å². The Morgan fingerprint density at radius 2 is 1.07 bits per heavy atom. The Balaban J connectivity index is 1.36. The second-order valence-corrected chi connectivity index (χ2v) is 9.88. The molecule has 2 nitrogen and oxygen atoms in total. The third-order valence-corrected chi connectivity index (χ3v) is 8.06. The van der Waals surface area contributed by atoms with Crippen LogP contribution in [0.5, 0.6) is 0 Å². The molecule has 4 fully saturated rings. The second kappa shape index (κ2) is 5.73. The van der Waals surface area contributed by atoms with Gasteiger partial charge in [0.2, 0.25) is 0 Å². The van der Waals surface area contributed by atoms with Crippen LogP contribution in [0.4, 0.5) is 5.69 Å². The molecule has 0 radical (unpaired) electrons. The Labute approximate surface area is 172 Å². The van der Waals surface area contributed by atoms with Gasteiger partial charge in [-0.05, 0) is 43.5 Å². The van der Waals surface area contributed by atoms with E-state index in [0.29, 0.717) is 0 Å². The lowest BCUT2D eigenvalue weighted by molar-refractivity contribution is -0.0122. The van der Waals surface area contributed by atoms with Crippen molar-refractivity contribution in [1.82, 2.24) is 9.05 Å². The molecule has 1 aromatic heterocycles. The molecule has 4 heterocycles. The van der Waals surface area contributed by atoms with E-state index in [1.807, 2.05) is 0 Å². The van der Waals surface area contributed by atoms with E-state index in [-0.39, 0.29) is 0 Å². The molecule has 3 saturated heterocycles. The third kappa shape index (κ3) is 2.27. The Morgan fingerprint density at radius 3 is 1.59 bits per heavy atom. The summed E-state index contributed by atoms with van der Waals surface area (Å²) in [5.74, 6) is 2.91. The molecule has 3 aromatic carbocycles. The van der Waals surface area contributed by atoms with Crippen molar-refractivity contribution in [2.24, 2.45) is 17.8 Å². The maximum absolute atomic E-state index is 2.44. The van der Waals surface area contributed by atoms with E-state index in [9.17, 15) is 0 Å². The maximum atomic E-state index is 2.44. The van der Waals surface area contributed by atoms with Crippen molar-refractivity contribution < 1.29 is 0 Å². The summed E-state index contributed by atoms with van der Waals surface area (Å²) in [5, 5.41) is 2.67. The number of para-hydroxylation sites is 2. The van der Waals surface area contributed by atoms with E-state index < -0.39 is 0 Å². The highest BCUT2D eigenvalue weighted by molar-refractivity contribution is 6.09. The summed E-state index contributed by atoms with van der Waals surface area (Å²) in [4.78, 5) is 0. The highest BCUT2D eigenvalue weighted by atomic mass is 15.4. The summed E-state index contributed by atoms with van der Waals surface area (Å²) >= 11 is 0. The number of benzene rings is 3. The lowest BCUT2D eigenvalue weighted by Crippen LogP contribution is -2.67. The molecule has 0 unspecified atom stereocenters. The van der Waals surface area contributed by atoms with Crippen molar-refractivity contribution in [3.8, 4) is 5.69 Å². The molecule has 1 saturated carbocycles. The highest BCUT2D eigenvalue weighted by Crippen LogP contribution is 2.49. The van der Waals surface area contributed by atoms with Gasteiger partial charge in [-0.15, -0.1) is 0 Å². The summed E-state index contributed by atoms with van der Waals surface area (Å²) in [7, 11) is 0. The number of hydrogen-bond donors (Lipinski definition) is 0. The second-order valence-electron chi connectivity index (χ2n) is 9.88. The van der Waals surface area contributed by atoms with Gasteiger partial charge in [0.15, 0.2) is 0 Å². The molecule has 0 N–H and O–H groups in total. The molecule has 8 rings (SSSR count). The summed E-state index contributed by atoms with van der Waals surface area (Å²) < 4.78 is 3.69. The first-order chi connectivity index (χ1) is 14.3. The molecular weight excluding hydrogens is 352 g/mol. The number of nitrogens with zero attached hydrogens (tertiary/aromatic N) is 2. The van der Waals surface area contributed by atoms with Gasteiger partial charge in [-0.3, -0.25) is 4.48 Å². The first kappa shape index (κ1) is 16.2. The Morgan fingerprint density at radius 1 is 0.586 bits per heavy atom. The van der Waals surface area contributed by atoms with Crippen molar-refractivity contribution in [2.75, 3.05) is 19.6 Å². The fourth-order valence-electron chi connectivity index (χ4n) is 7.29. The van der Waals surface area contributed by atoms with Crippen molar-refractivity contribution in [1.29, 1.82) is 0 Å². The molecule has 0 amide bonds. The molecule has 4 bridgehead atoms. The number of piperidine rings is 3. The predicted molar refractivity (Wildman–Crippen MR) is 121 cm³/mol. The van der Waals surface area contributed by atoms with E-state index in [4.69, 9.17) is 0 Å². The highest BCUT2D eigenvalue weighted by Gasteiger charge is 2.52. The van der Waals surface area contributed by atoms with Crippen LogP contribution in [0.1, 0.15) is 19.3 Å². The van der Waals surface area contributed by atoms with Gasteiger partial charge in [0.1, 0.15) is 5.69 Å². The van der Waals surface area contributed by atoms with Crippen LogP contribution in [0.3, 0.4) is 0 Å². The summed E-state index contributed by atoms with van der Waals surface area (Å²) in [6.07, 6.45) is 4.49. The number of fused-ring (bicyclic) bond motifs is 3. The average molecular weight is 380 g/mol. The zero-order valence-electron chi connectivity index (χ0n) is 16.8. The summed E-state index contributed by atoms with van der Waals surface area (Å²) in [6.45, 7) is 4.13. The van der Waals surface area contributed by atoms with Gasteiger partial charge in [0.25, 0.3) is 0 Å². The molecule has 1 aliphatic carbocycles. The Hall–Kier alpha value is -2.58. The number of aromatic nitrogens is 1. The zero-order valence-corrected chi connectivity index (χ0v) is 16.8. The zero-order chi connectivity index (χ0) is 19.0. The van der Waals surface area contributed by atoms with Gasteiger partial charge in [-0.2, -0.15) is 0 Å². The minimum absolute atomic E-state index is 0.971. The molecule has 3 aliphatic heterocycles. The first-order valence-corrected chi connectivity index (χ1v) is 11.2. The molecule has 4 aromatic rings. The third-order valence-electron chi connectivity index (χ3n) is 8.06. The summed E-state index contributed by atoms with van der Waals surface area (Å²) in [6, 6.07) is 27.2. The van der Waals surface area contributed by atoms with Gasteiger partial charge in [-0.1, -0.05) is 36.4 Å². The van der Waals surface area contributed by atoms with Crippen LogP contribution < -0.4 is 4.48 Å². The van der Waals surface area contributed by atoms with Crippen LogP contribution in [0, 0.1) is 17.8 Å². The van der Waals surface area contributed by atoms with Gasteiger partial charge in [0, 0.05) is 46.3 Å². The quantitative estimate of drug-likeness (QED) is 0.368. The van der Waals surface area contributed by atoms with Crippen molar-refractivity contribution in [2.45, 2.75) is 19.3 Å². The molecule has 144 valence electrons. The lowest BCUT2D eigenvalue weighted by atomic mass is 9.66. The monoisotopic (exact) mass is 379 g/mol. The SMILES string of the molecule is c1ccc2c(c1)c1ccccc1n2-c1ccc([N+]23CC4CC(CC(C4)C2)C3)cc1. The smallest absolute Gasteiger partial charge is 0.133 e. The topological polar surface area (TPSA) is 4.93 Å². The van der Waals surface area contributed by atoms with Crippen LogP contribution in [0.2, 0.25) is 0 Å². The average Bonchev–Trinajstić information content (AvgIpc) is 3.07. The Kier molecular flexibility index (Phi) is 3.21. The minimum atomic E-state index is 0.971. The minimum Gasteiger partial charge on any atom is -0.309 e. The van der Waals surface area contributed by atoms with Crippen LogP contribution in [-0.4, -0.2) is 24.2 Å². The number of quaternary nitrogens is 1. The van der Waals surface area contributed by atoms with Gasteiger partial charge >= 0.3 is 0 Å². The normalized spacial score (nSPS) is 30.4. The van der Waals surface area contributed by atoms with Crippen molar-refractivity contribution in [3.05, 3.63) is 72.8 Å². The van der Waals surface area contributed by atoms with E-state index >= 15 is 0 Å². The Bertz CT molecular complexity index is 1140. The van der Waals surface area contributed by atoms with Gasteiger partial charge in [0.05, 0.1) is 30.7 Å². The van der Waals surface area contributed by atoms with Crippen LogP contribution in [0.25, 0.3) is 27.5 Å². The molecular formula is C27H27N2+. The molecule has 2 heteroatoms. The number of hydrogen-bond acceptors (Lipinski definition) is 0. The fourth-order valence-corrected chi connectivity index (χ4v) is 7.29.